The predicted molar refractivity (Wildman–Crippen MR) is 114 cm³/mol. The first-order valence-electron chi connectivity index (χ1n) is 9.38. The predicted octanol–water partition coefficient (Wildman–Crippen LogP) is 4.90. The van der Waals surface area contributed by atoms with Gasteiger partial charge in [-0.3, -0.25) is 0 Å². The summed E-state index contributed by atoms with van der Waals surface area (Å²) in [6, 6.07) is 17.5. The number of nitrogens with zero attached hydrogens (tertiary/aromatic N) is 1. The maximum Gasteiger partial charge on any atom is 0.340 e. The second kappa shape index (κ2) is 9.87. The molecule has 0 unspecified atom stereocenters. The smallest absolute Gasteiger partial charge is 0.340 e. The van der Waals surface area contributed by atoms with Crippen LogP contribution in [0, 0.1) is 0 Å². The largest absolute Gasteiger partial charge is 0.465 e. The SMILES string of the molecule is C=C[C@@H](COCc1ccccc1)O[C@H](C=C)n1cc(C(=O)OC)c2ccccc21. The number of ether oxygens (including phenoxy) is 3. The minimum absolute atomic E-state index is 0.343. The van der Waals surface area contributed by atoms with Crippen molar-refractivity contribution >= 4 is 16.9 Å². The van der Waals surface area contributed by atoms with Crippen LogP contribution in [0.1, 0.15) is 22.1 Å². The molecule has 0 aliphatic heterocycles. The number of para-hydroxylation sites is 1. The van der Waals surface area contributed by atoms with E-state index >= 15 is 0 Å². The van der Waals surface area contributed by atoms with Crippen molar-refractivity contribution in [2.75, 3.05) is 13.7 Å². The van der Waals surface area contributed by atoms with Crippen LogP contribution in [0.15, 0.2) is 86.1 Å². The molecule has 0 aliphatic carbocycles. The molecule has 0 saturated carbocycles. The molecular formula is C24H25NO4. The van der Waals surface area contributed by atoms with E-state index in [9.17, 15) is 4.79 Å². The molecule has 5 nitrogen and oxygen atoms in total. The van der Waals surface area contributed by atoms with Gasteiger partial charge in [0.1, 0.15) is 6.10 Å². The van der Waals surface area contributed by atoms with Gasteiger partial charge >= 0.3 is 5.97 Å². The number of aromatic nitrogens is 1. The maximum atomic E-state index is 12.2. The monoisotopic (exact) mass is 391 g/mol. The first-order chi connectivity index (χ1) is 14.2. The minimum Gasteiger partial charge on any atom is -0.465 e. The van der Waals surface area contributed by atoms with E-state index in [2.05, 4.69) is 13.2 Å². The summed E-state index contributed by atoms with van der Waals surface area (Å²) in [5.74, 6) is -0.394. The quantitative estimate of drug-likeness (QED) is 0.364. The lowest BCUT2D eigenvalue weighted by Gasteiger charge is -2.22. The molecule has 0 bridgehead atoms. The third-order valence-corrected chi connectivity index (χ3v) is 4.59. The Labute approximate surface area is 170 Å². The maximum absolute atomic E-state index is 12.2. The third kappa shape index (κ3) is 4.83. The van der Waals surface area contributed by atoms with Gasteiger partial charge in [0, 0.05) is 11.6 Å². The molecule has 0 aliphatic rings. The summed E-state index contributed by atoms with van der Waals surface area (Å²) >= 11 is 0. The molecule has 1 heterocycles. The fraction of sp³-hybridized carbons (Fsp3) is 0.208. The van der Waals surface area contributed by atoms with Crippen molar-refractivity contribution in [2.24, 2.45) is 0 Å². The molecule has 3 rings (SSSR count). The zero-order valence-corrected chi connectivity index (χ0v) is 16.5. The third-order valence-electron chi connectivity index (χ3n) is 4.59. The average molecular weight is 391 g/mol. The fourth-order valence-corrected chi connectivity index (χ4v) is 3.13. The van der Waals surface area contributed by atoms with E-state index < -0.39 is 12.2 Å². The molecular weight excluding hydrogens is 366 g/mol. The van der Waals surface area contributed by atoms with E-state index in [1.165, 1.54) is 7.11 Å². The highest BCUT2D eigenvalue weighted by molar-refractivity contribution is 6.04. The number of rotatable bonds is 10. The lowest BCUT2D eigenvalue weighted by Crippen LogP contribution is -2.22. The molecule has 2 atom stereocenters. The summed E-state index contributed by atoms with van der Waals surface area (Å²) in [5.41, 5.74) is 2.43. The molecule has 0 spiro atoms. The number of benzene rings is 2. The van der Waals surface area contributed by atoms with E-state index in [1.54, 1.807) is 18.3 Å². The number of carbonyl (C=O) groups excluding carboxylic acids is 1. The Morgan fingerprint density at radius 2 is 1.79 bits per heavy atom. The zero-order valence-electron chi connectivity index (χ0n) is 16.5. The number of esters is 1. The van der Waals surface area contributed by atoms with Crippen LogP contribution >= 0.6 is 0 Å². The Hall–Kier alpha value is -3.15. The van der Waals surface area contributed by atoms with Gasteiger partial charge in [-0.15, -0.1) is 6.58 Å². The highest BCUT2D eigenvalue weighted by Crippen LogP contribution is 2.27. The van der Waals surface area contributed by atoms with Crippen molar-refractivity contribution in [3.63, 3.8) is 0 Å². The van der Waals surface area contributed by atoms with Crippen molar-refractivity contribution in [1.82, 2.24) is 4.57 Å². The van der Waals surface area contributed by atoms with E-state index in [4.69, 9.17) is 14.2 Å². The molecule has 1 aromatic heterocycles. The van der Waals surface area contributed by atoms with E-state index in [0.29, 0.717) is 18.8 Å². The average Bonchev–Trinajstić information content (AvgIpc) is 3.16. The molecule has 3 aromatic rings. The zero-order chi connectivity index (χ0) is 20.6. The Balaban J connectivity index is 1.75. The van der Waals surface area contributed by atoms with Crippen LogP contribution in [-0.2, 0) is 20.8 Å². The summed E-state index contributed by atoms with van der Waals surface area (Å²) in [6.45, 7) is 8.60. The van der Waals surface area contributed by atoms with Crippen LogP contribution in [-0.4, -0.2) is 30.4 Å². The van der Waals surface area contributed by atoms with Gasteiger partial charge in [-0.2, -0.15) is 0 Å². The lowest BCUT2D eigenvalue weighted by atomic mass is 10.2. The molecule has 5 heteroatoms. The summed E-state index contributed by atoms with van der Waals surface area (Å²) in [7, 11) is 1.37. The molecule has 29 heavy (non-hydrogen) atoms. The summed E-state index contributed by atoms with van der Waals surface area (Å²) in [4.78, 5) is 12.2. The van der Waals surface area contributed by atoms with Gasteiger partial charge in [0.25, 0.3) is 0 Å². The van der Waals surface area contributed by atoms with Gasteiger partial charge in [-0.1, -0.05) is 61.2 Å². The second-order valence-electron chi connectivity index (χ2n) is 6.50. The molecule has 0 saturated heterocycles. The van der Waals surface area contributed by atoms with Crippen molar-refractivity contribution < 1.29 is 19.0 Å². The topological polar surface area (TPSA) is 49.7 Å². The normalized spacial score (nSPS) is 13.0. The standard InChI is InChI=1S/C24H25NO4/c1-4-19(17-28-16-18-11-7-6-8-12-18)29-23(5-2)25-15-21(24(26)27-3)20-13-9-10-14-22(20)25/h4-15,19,23H,1-2,16-17H2,3H3/t19-,23+/m0/s1. The molecule has 0 N–H and O–H groups in total. The molecule has 2 aromatic carbocycles. The summed E-state index contributed by atoms with van der Waals surface area (Å²) < 4.78 is 18.7. The van der Waals surface area contributed by atoms with Crippen LogP contribution in [0.25, 0.3) is 10.9 Å². The van der Waals surface area contributed by atoms with Crippen LogP contribution in [0.3, 0.4) is 0 Å². The van der Waals surface area contributed by atoms with Gasteiger partial charge in [-0.25, -0.2) is 4.79 Å². The van der Waals surface area contributed by atoms with E-state index in [-0.39, 0.29) is 6.10 Å². The van der Waals surface area contributed by atoms with Gasteiger partial charge in [0.05, 0.1) is 31.4 Å². The first kappa shape index (κ1) is 20.6. The minimum atomic E-state index is -0.498. The van der Waals surface area contributed by atoms with Crippen LogP contribution in [0.2, 0.25) is 0 Å². The van der Waals surface area contributed by atoms with Crippen molar-refractivity contribution in [2.45, 2.75) is 18.9 Å². The van der Waals surface area contributed by atoms with E-state index in [0.717, 1.165) is 16.5 Å². The summed E-state index contributed by atoms with van der Waals surface area (Å²) in [5, 5.41) is 0.797. The van der Waals surface area contributed by atoms with Crippen LogP contribution in [0.4, 0.5) is 0 Å². The molecule has 150 valence electrons. The molecule has 0 amide bonds. The number of methoxy groups -OCH3 is 1. The van der Waals surface area contributed by atoms with Gasteiger partial charge in [0.15, 0.2) is 6.23 Å². The van der Waals surface area contributed by atoms with Crippen molar-refractivity contribution in [1.29, 1.82) is 0 Å². The van der Waals surface area contributed by atoms with Gasteiger partial charge in [0.2, 0.25) is 0 Å². The van der Waals surface area contributed by atoms with E-state index in [1.807, 2.05) is 59.2 Å². The molecule has 0 fully saturated rings. The van der Waals surface area contributed by atoms with Crippen molar-refractivity contribution in [3.05, 3.63) is 97.2 Å². The lowest BCUT2D eigenvalue weighted by molar-refractivity contribution is -0.0457. The van der Waals surface area contributed by atoms with Crippen LogP contribution in [0.5, 0.6) is 0 Å². The second-order valence-corrected chi connectivity index (χ2v) is 6.50. The molecule has 0 radical (unpaired) electrons. The van der Waals surface area contributed by atoms with Gasteiger partial charge in [-0.05, 0) is 17.7 Å². The van der Waals surface area contributed by atoms with Gasteiger partial charge < -0.3 is 18.8 Å². The highest BCUT2D eigenvalue weighted by atomic mass is 16.5. The Bertz CT molecular complexity index is 977. The first-order valence-corrected chi connectivity index (χ1v) is 9.38. The highest BCUT2D eigenvalue weighted by Gasteiger charge is 2.20. The number of hydrogen-bond acceptors (Lipinski definition) is 4. The van der Waals surface area contributed by atoms with Crippen LogP contribution < -0.4 is 0 Å². The number of carbonyl (C=O) groups is 1. The Kier molecular flexibility index (Phi) is 7.00. The Morgan fingerprint density at radius 3 is 2.48 bits per heavy atom. The van der Waals surface area contributed by atoms with Crippen molar-refractivity contribution in [3.8, 4) is 0 Å². The summed E-state index contributed by atoms with van der Waals surface area (Å²) in [6.07, 6.45) is 4.27. The fourth-order valence-electron chi connectivity index (χ4n) is 3.13. The number of hydrogen-bond donors (Lipinski definition) is 0. The Morgan fingerprint density at radius 1 is 1.07 bits per heavy atom. The number of fused-ring (bicyclic) bond motifs is 1.